The van der Waals surface area contributed by atoms with Gasteiger partial charge in [0.2, 0.25) is 0 Å². The smallest absolute Gasteiger partial charge is 0.0385 e. The second kappa shape index (κ2) is 3.31. The van der Waals surface area contributed by atoms with E-state index < -0.39 is 0 Å². The van der Waals surface area contributed by atoms with Crippen LogP contribution < -0.4 is 0 Å². The molecular formula is C6H15Cl. The van der Waals surface area contributed by atoms with E-state index in [0.29, 0.717) is 5.41 Å². The van der Waals surface area contributed by atoms with Gasteiger partial charge in [0.1, 0.15) is 0 Å². The third-order valence-corrected chi connectivity index (χ3v) is 1.06. The highest BCUT2D eigenvalue weighted by Crippen LogP contribution is 2.16. The lowest BCUT2D eigenvalue weighted by Crippen LogP contribution is -2.00. The summed E-state index contributed by atoms with van der Waals surface area (Å²) in [7, 11) is 0. The van der Waals surface area contributed by atoms with Gasteiger partial charge in [-0.1, -0.05) is 34.1 Å². The Labute approximate surface area is 52.7 Å². The molecule has 0 heterocycles. The minimum absolute atomic E-state index is 0. The van der Waals surface area contributed by atoms with Crippen LogP contribution in [0.1, 0.15) is 34.1 Å². The molecule has 0 N–H and O–H groups in total. The molecular weight excluding hydrogens is 108 g/mol. The molecule has 0 nitrogen and oxygen atoms in total. The average molecular weight is 123 g/mol. The van der Waals surface area contributed by atoms with Crippen molar-refractivity contribution in [3.05, 3.63) is 0 Å². The van der Waals surface area contributed by atoms with Gasteiger partial charge in [0.05, 0.1) is 0 Å². The lowest BCUT2D eigenvalue weighted by atomic mass is 9.94. The fraction of sp³-hybridized carbons (Fsp3) is 1.00. The summed E-state index contributed by atoms with van der Waals surface area (Å²) in [5.74, 6) is 0. The van der Waals surface area contributed by atoms with Crippen molar-refractivity contribution in [2.45, 2.75) is 34.1 Å². The first-order valence-electron chi connectivity index (χ1n) is 2.56. The fourth-order valence-corrected chi connectivity index (χ4v) is 0. The van der Waals surface area contributed by atoms with Crippen LogP contribution in [0, 0.1) is 5.41 Å². The summed E-state index contributed by atoms with van der Waals surface area (Å²) < 4.78 is 0. The van der Waals surface area contributed by atoms with Gasteiger partial charge in [-0.3, -0.25) is 0 Å². The van der Waals surface area contributed by atoms with Crippen LogP contribution in [-0.2, 0) is 0 Å². The van der Waals surface area contributed by atoms with Gasteiger partial charge in [0.15, 0.2) is 0 Å². The van der Waals surface area contributed by atoms with E-state index >= 15 is 0 Å². The summed E-state index contributed by atoms with van der Waals surface area (Å²) in [5.41, 5.74) is 0.542. The van der Waals surface area contributed by atoms with Gasteiger partial charge < -0.3 is 0 Å². The van der Waals surface area contributed by atoms with Crippen LogP contribution in [0.2, 0.25) is 0 Å². The molecule has 0 bridgehead atoms. The van der Waals surface area contributed by atoms with E-state index in [2.05, 4.69) is 27.7 Å². The second-order valence-corrected chi connectivity index (χ2v) is 2.91. The quantitative estimate of drug-likeness (QED) is 0.464. The molecule has 7 heavy (non-hydrogen) atoms. The van der Waals surface area contributed by atoms with Crippen molar-refractivity contribution in [3.63, 3.8) is 0 Å². The van der Waals surface area contributed by atoms with Gasteiger partial charge in [-0.15, -0.1) is 12.4 Å². The lowest BCUT2D eigenvalue weighted by Gasteiger charge is -2.12. The molecule has 0 rings (SSSR count). The largest absolute Gasteiger partial charge is 0.147 e. The molecule has 1 heteroatoms. The highest BCUT2D eigenvalue weighted by atomic mass is 35.5. The summed E-state index contributed by atoms with van der Waals surface area (Å²) in [6.45, 7) is 8.94. The molecule has 0 aliphatic heterocycles. The Balaban J connectivity index is 0. The van der Waals surface area contributed by atoms with Crippen LogP contribution in [0.3, 0.4) is 0 Å². The van der Waals surface area contributed by atoms with Crippen molar-refractivity contribution in [2.75, 3.05) is 0 Å². The Bertz CT molecular complexity index is 33.9. The Hall–Kier alpha value is 0.290. The Morgan fingerprint density at radius 3 is 1.29 bits per heavy atom. The molecule has 0 saturated heterocycles. The van der Waals surface area contributed by atoms with Crippen molar-refractivity contribution in [1.82, 2.24) is 0 Å². The minimum Gasteiger partial charge on any atom is -0.147 e. The first-order valence-corrected chi connectivity index (χ1v) is 2.56. The van der Waals surface area contributed by atoms with E-state index in [-0.39, 0.29) is 12.4 Å². The number of hydrogen-bond acceptors (Lipinski definition) is 0. The molecule has 0 amide bonds. The zero-order valence-electron chi connectivity index (χ0n) is 5.62. The molecule has 0 unspecified atom stereocenters. The molecule has 0 saturated carbocycles. The number of hydrogen-bond donors (Lipinski definition) is 0. The summed E-state index contributed by atoms with van der Waals surface area (Å²) in [5, 5.41) is 0. The molecule has 0 aliphatic carbocycles. The predicted molar refractivity (Wildman–Crippen MR) is 37.0 cm³/mol. The fourth-order valence-electron chi connectivity index (χ4n) is 0. The summed E-state index contributed by atoms with van der Waals surface area (Å²) in [6.07, 6.45) is 1.27. The third-order valence-electron chi connectivity index (χ3n) is 1.06. The van der Waals surface area contributed by atoms with Crippen LogP contribution in [0.15, 0.2) is 0 Å². The molecule has 0 fully saturated rings. The molecule has 0 atom stereocenters. The van der Waals surface area contributed by atoms with E-state index in [1.165, 1.54) is 6.42 Å². The molecule has 0 aromatic carbocycles. The zero-order chi connectivity index (χ0) is 5.21. The second-order valence-electron chi connectivity index (χ2n) is 2.91. The van der Waals surface area contributed by atoms with E-state index in [0.717, 1.165) is 0 Å². The predicted octanol–water partition coefficient (Wildman–Crippen LogP) is 2.86. The standard InChI is InChI=1S/C6H14.ClH/c1-5-6(2,3)4;/h5H2,1-4H3;1H. The molecule has 0 aromatic rings. The molecule has 46 valence electrons. The van der Waals surface area contributed by atoms with Crippen molar-refractivity contribution >= 4 is 12.4 Å². The van der Waals surface area contributed by atoms with Crippen LogP contribution in [0.4, 0.5) is 0 Å². The van der Waals surface area contributed by atoms with Gasteiger partial charge in [0, 0.05) is 0 Å². The van der Waals surface area contributed by atoms with Crippen molar-refractivity contribution in [3.8, 4) is 0 Å². The van der Waals surface area contributed by atoms with Gasteiger partial charge in [-0.05, 0) is 5.41 Å². The highest BCUT2D eigenvalue weighted by Gasteiger charge is 2.03. The first kappa shape index (κ1) is 10.3. The Morgan fingerprint density at radius 1 is 1.14 bits per heavy atom. The van der Waals surface area contributed by atoms with E-state index in [1.54, 1.807) is 0 Å². The molecule has 0 aliphatic rings. The van der Waals surface area contributed by atoms with E-state index in [9.17, 15) is 0 Å². The normalized spacial score (nSPS) is 10.3. The van der Waals surface area contributed by atoms with Gasteiger partial charge in [-0.2, -0.15) is 0 Å². The molecule has 0 aromatic heterocycles. The lowest BCUT2D eigenvalue weighted by molar-refractivity contribution is 0.398. The van der Waals surface area contributed by atoms with Gasteiger partial charge in [-0.25, -0.2) is 0 Å². The maximum atomic E-state index is 2.24. The Kier molecular flexibility index (Phi) is 4.88. The number of halogens is 1. The SMILES string of the molecule is CCC(C)(C)C.Cl. The summed E-state index contributed by atoms with van der Waals surface area (Å²) in [6, 6.07) is 0. The van der Waals surface area contributed by atoms with E-state index in [1.807, 2.05) is 0 Å². The van der Waals surface area contributed by atoms with Crippen LogP contribution in [-0.4, -0.2) is 0 Å². The maximum Gasteiger partial charge on any atom is -0.0385 e. The van der Waals surface area contributed by atoms with Crippen LogP contribution in [0.25, 0.3) is 0 Å². The van der Waals surface area contributed by atoms with Gasteiger partial charge in [0.25, 0.3) is 0 Å². The van der Waals surface area contributed by atoms with Crippen molar-refractivity contribution < 1.29 is 0 Å². The summed E-state index contributed by atoms with van der Waals surface area (Å²) in [4.78, 5) is 0. The topological polar surface area (TPSA) is 0 Å². The number of rotatable bonds is 0. The monoisotopic (exact) mass is 122 g/mol. The Morgan fingerprint density at radius 2 is 1.29 bits per heavy atom. The zero-order valence-corrected chi connectivity index (χ0v) is 6.43. The van der Waals surface area contributed by atoms with Crippen LogP contribution >= 0.6 is 12.4 Å². The van der Waals surface area contributed by atoms with Crippen molar-refractivity contribution in [2.24, 2.45) is 5.41 Å². The molecule has 0 spiro atoms. The minimum atomic E-state index is 0. The van der Waals surface area contributed by atoms with E-state index in [4.69, 9.17) is 0 Å². The first-order chi connectivity index (χ1) is 2.56. The maximum absolute atomic E-state index is 2.24. The third kappa shape index (κ3) is 10.7. The molecule has 0 radical (unpaired) electrons. The van der Waals surface area contributed by atoms with Crippen LogP contribution in [0.5, 0.6) is 0 Å². The highest BCUT2D eigenvalue weighted by molar-refractivity contribution is 5.85. The van der Waals surface area contributed by atoms with Crippen molar-refractivity contribution in [1.29, 1.82) is 0 Å². The summed E-state index contributed by atoms with van der Waals surface area (Å²) >= 11 is 0. The van der Waals surface area contributed by atoms with Gasteiger partial charge >= 0.3 is 0 Å². The average Bonchev–Trinajstić information content (AvgIpc) is 1.35.